The monoisotopic (exact) mass is 424 g/mol. The summed E-state index contributed by atoms with van der Waals surface area (Å²) in [5.74, 6) is -0.377. The minimum Gasteiger partial charge on any atom is -0.469 e. The summed E-state index contributed by atoms with van der Waals surface area (Å²) in [6, 6.07) is 12.6. The normalized spacial score (nSPS) is 18.5. The molecule has 0 aliphatic carbocycles. The van der Waals surface area contributed by atoms with E-state index in [1.54, 1.807) is 30.3 Å². The Balaban J connectivity index is 1.58. The zero-order valence-electron chi connectivity index (χ0n) is 15.8. The summed E-state index contributed by atoms with van der Waals surface area (Å²) in [5.41, 5.74) is 1.08. The number of allylic oxidation sites excluding steroid dienone is 1. The van der Waals surface area contributed by atoms with Crippen LogP contribution in [-0.4, -0.2) is 18.4 Å². The first kappa shape index (κ1) is 19.0. The number of ether oxygens (including phenoxy) is 3. The van der Waals surface area contributed by atoms with Gasteiger partial charge in [0.25, 0.3) is 0 Å². The predicted octanol–water partition coefficient (Wildman–Crippen LogP) is 4.94. The summed E-state index contributed by atoms with van der Waals surface area (Å²) in [7, 11) is 0. The number of hydrogen-bond acceptors (Lipinski definition) is 6. The Morgan fingerprint density at radius 2 is 1.87 bits per heavy atom. The van der Waals surface area contributed by atoms with Gasteiger partial charge in [0.1, 0.15) is 23.0 Å². The molecule has 0 saturated carbocycles. The lowest BCUT2D eigenvalue weighted by atomic mass is 9.88. The number of para-hydroxylation sites is 1. The topological polar surface area (TPSA) is 75.0 Å². The van der Waals surface area contributed by atoms with Crippen molar-refractivity contribution in [2.24, 2.45) is 0 Å². The molecule has 3 aromatic rings. The highest BCUT2D eigenvalue weighted by molar-refractivity contribution is 6.15. The molecule has 2 aliphatic heterocycles. The fourth-order valence-electron chi connectivity index (χ4n) is 3.78. The number of carbonyl (C=O) groups is 2. The van der Waals surface area contributed by atoms with Crippen molar-refractivity contribution >= 4 is 17.8 Å². The van der Waals surface area contributed by atoms with Gasteiger partial charge in [0.15, 0.2) is 5.76 Å². The molecule has 0 bridgehead atoms. The van der Waals surface area contributed by atoms with Crippen molar-refractivity contribution in [3.8, 4) is 17.2 Å². The molecule has 0 fully saturated rings. The third-order valence-electron chi connectivity index (χ3n) is 5.09. The lowest BCUT2D eigenvalue weighted by Crippen LogP contribution is -2.21. The van der Waals surface area contributed by atoms with Crippen LogP contribution in [0, 0.1) is 0 Å². The van der Waals surface area contributed by atoms with Crippen LogP contribution in [0.4, 0.5) is 8.78 Å². The molecule has 0 amide bonds. The van der Waals surface area contributed by atoms with Gasteiger partial charge >= 0.3 is 12.6 Å². The minimum atomic E-state index is -3.01. The number of ketones is 1. The number of alkyl halides is 2. The van der Waals surface area contributed by atoms with Crippen LogP contribution in [0.2, 0.25) is 0 Å². The maximum Gasteiger partial charge on any atom is 0.387 e. The molecule has 6 nitrogen and oxygen atoms in total. The second-order valence-corrected chi connectivity index (χ2v) is 6.96. The van der Waals surface area contributed by atoms with Crippen LogP contribution >= 0.6 is 0 Å². The molecule has 3 heterocycles. The van der Waals surface area contributed by atoms with E-state index < -0.39 is 24.3 Å². The number of rotatable bonds is 4. The number of fused-ring (bicyclic) bond motifs is 3. The molecule has 2 aromatic carbocycles. The zero-order valence-corrected chi connectivity index (χ0v) is 15.8. The van der Waals surface area contributed by atoms with Gasteiger partial charge in [-0.2, -0.15) is 8.78 Å². The summed E-state index contributed by atoms with van der Waals surface area (Å²) in [4.78, 5) is 25.0. The molecule has 5 rings (SSSR count). The van der Waals surface area contributed by atoms with Gasteiger partial charge in [-0.05, 0) is 36.4 Å². The maximum atomic E-state index is 13.0. The van der Waals surface area contributed by atoms with Gasteiger partial charge in [-0.25, -0.2) is 0 Å². The van der Waals surface area contributed by atoms with E-state index in [2.05, 4.69) is 4.74 Å². The van der Waals surface area contributed by atoms with Crippen molar-refractivity contribution < 1.29 is 37.0 Å². The summed E-state index contributed by atoms with van der Waals surface area (Å²) in [6.07, 6.45) is 2.87. The van der Waals surface area contributed by atoms with Crippen LogP contribution in [0.15, 0.2) is 65.0 Å². The quantitative estimate of drug-likeness (QED) is 0.336. The number of halogens is 2. The van der Waals surface area contributed by atoms with Crippen LogP contribution in [0.3, 0.4) is 0 Å². The number of carbonyl (C=O) groups excluding carboxylic acids is 2. The fourth-order valence-corrected chi connectivity index (χ4v) is 3.78. The van der Waals surface area contributed by atoms with Crippen LogP contribution < -0.4 is 14.2 Å². The summed E-state index contributed by atoms with van der Waals surface area (Å²) in [6.45, 7) is -3.01. The van der Waals surface area contributed by atoms with Crippen LogP contribution in [0.1, 0.15) is 39.6 Å². The molecule has 1 atom stereocenters. The lowest BCUT2D eigenvalue weighted by molar-refractivity contribution is -0.135. The first-order valence-electron chi connectivity index (χ1n) is 9.40. The Kier molecular flexibility index (Phi) is 4.54. The Morgan fingerprint density at radius 3 is 2.65 bits per heavy atom. The van der Waals surface area contributed by atoms with Crippen molar-refractivity contribution in [1.82, 2.24) is 0 Å². The molecule has 31 heavy (non-hydrogen) atoms. The standard InChI is InChI=1S/C23H14F2O6/c24-23(25)31-15-5-2-1-4-12(15)10-18-21(27)13-7-8-17-20(22(13)30-18)14(11-19(26)29-17)16-6-3-9-28-16/h1-10,14,23H,11H2/b18-10-/t14-/m0/s1. The highest BCUT2D eigenvalue weighted by Crippen LogP contribution is 2.49. The van der Waals surface area contributed by atoms with Gasteiger partial charge in [0, 0.05) is 11.1 Å². The molecule has 8 heteroatoms. The number of esters is 1. The van der Waals surface area contributed by atoms with Crippen molar-refractivity contribution in [2.45, 2.75) is 19.0 Å². The first-order chi connectivity index (χ1) is 15.0. The van der Waals surface area contributed by atoms with Crippen molar-refractivity contribution in [2.75, 3.05) is 0 Å². The molecule has 0 unspecified atom stereocenters. The largest absolute Gasteiger partial charge is 0.469 e. The first-order valence-corrected chi connectivity index (χ1v) is 9.40. The molecule has 0 radical (unpaired) electrons. The number of hydrogen-bond donors (Lipinski definition) is 0. The van der Waals surface area contributed by atoms with E-state index in [0.717, 1.165) is 0 Å². The van der Waals surface area contributed by atoms with Gasteiger partial charge in [-0.1, -0.05) is 18.2 Å². The summed E-state index contributed by atoms with van der Waals surface area (Å²) in [5, 5.41) is 0. The molecule has 0 saturated heterocycles. The zero-order chi connectivity index (χ0) is 21.5. The van der Waals surface area contributed by atoms with E-state index >= 15 is 0 Å². The number of benzene rings is 2. The molecular formula is C23H14F2O6. The summed E-state index contributed by atoms with van der Waals surface area (Å²) < 4.78 is 46.7. The summed E-state index contributed by atoms with van der Waals surface area (Å²) >= 11 is 0. The third-order valence-corrected chi connectivity index (χ3v) is 5.09. The smallest absolute Gasteiger partial charge is 0.387 e. The predicted molar refractivity (Wildman–Crippen MR) is 103 cm³/mol. The van der Waals surface area contributed by atoms with Gasteiger partial charge in [-0.15, -0.1) is 0 Å². The molecule has 2 aliphatic rings. The van der Waals surface area contributed by atoms with Gasteiger partial charge in [0.2, 0.25) is 5.78 Å². The minimum absolute atomic E-state index is 0.0264. The number of Topliss-reactive ketones (excluding diaryl/α,β-unsaturated/α-hetero) is 1. The second-order valence-electron chi connectivity index (χ2n) is 6.96. The SMILES string of the molecule is O=C1C[C@@H](c2ccco2)c2c(ccc3c2O/C(=C\c2ccccc2OC(F)F)C3=O)O1. The second kappa shape index (κ2) is 7.39. The van der Waals surface area contributed by atoms with E-state index in [1.807, 2.05) is 0 Å². The molecular weight excluding hydrogens is 410 g/mol. The van der Waals surface area contributed by atoms with Crippen molar-refractivity contribution in [3.05, 3.63) is 83.0 Å². The van der Waals surface area contributed by atoms with E-state index in [1.165, 1.54) is 30.5 Å². The fraction of sp³-hybridized carbons (Fsp3) is 0.130. The van der Waals surface area contributed by atoms with Crippen LogP contribution in [0.5, 0.6) is 17.2 Å². The Morgan fingerprint density at radius 1 is 1.03 bits per heavy atom. The molecule has 156 valence electrons. The van der Waals surface area contributed by atoms with Gasteiger partial charge in [0.05, 0.1) is 24.2 Å². The van der Waals surface area contributed by atoms with E-state index in [-0.39, 0.29) is 40.6 Å². The van der Waals surface area contributed by atoms with Crippen LogP contribution in [-0.2, 0) is 4.79 Å². The Bertz CT molecular complexity index is 1210. The average Bonchev–Trinajstić information content (AvgIpc) is 3.37. The Hall–Kier alpha value is -3.94. The highest BCUT2D eigenvalue weighted by atomic mass is 19.3. The molecule has 1 aromatic heterocycles. The lowest BCUT2D eigenvalue weighted by Gasteiger charge is -2.24. The molecule has 0 spiro atoms. The maximum absolute atomic E-state index is 13.0. The van der Waals surface area contributed by atoms with Crippen molar-refractivity contribution in [3.63, 3.8) is 0 Å². The number of furan rings is 1. The Labute approximate surface area is 174 Å². The van der Waals surface area contributed by atoms with Gasteiger partial charge in [-0.3, -0.25) is 9.59 Å². The van der Waals surface area contributed by atoms with Gasteiger partial charge < -0.3 is 18.6 Å². The third kappa shape index (κ3) is 3.35. The van der Waals surface area contributed by atoms with E-state index in [0.29, 0.717) is 11.3 Å². The average molecular weight is 424 g/mol. The highest BCUT2D eigenvalue weighted by Gasteiger charge is 2.39. The van der Waals surface area contributed by atoms with E-state index in [9.17, 15) is 18.4 Å². The van der Waals surface area contributed by atoms with E-state index in [4.69, 9.17) is 13.9 Å². The van der Waals surface area contributed by atoms with Crippen LogP contribution in [0.25, 0.3) is 6.08 Å². The molecule has 0 N–H and O–H groups in total. The van der Waals surface area contributed by atoms with Crippen molar-refractivity contribution in [1.29, 1.82) is 0 Å².